The molecule has 1 rings (SSSR count). The van der Waals surface area contributed by atoms with Gasteiger partial charge in [0.1, 0.15) is 11.9 Å². The van der Waals surface area contributed by atoms with E-state index in [0.717, 1.165) is 5.56 Å². The van der Waals surface area contributed by atoms with Gasteiger partial charge in [-0.15, -0.1) is 0 Å². The lowest BCUT2D eigenvalue weighted by Crippen LogP contribution is -2.09. The second-order valence-electron chi connectivity index (χ2n) is 3.81. The number of Topliss-reactive ketones (excluding diaryl/α,β-unsaturated/α-hetero) is 1. The van der Waals surface area contributed by atoms with Crippen molar-refractivity contribution in [2.24, 2.45) is 0 Å². The molecule has 0 atom stereocenters. The first-order valence-corrected chi connectivity index (χ1v) is 6.78. The Hall–Kier alpha value is -1.16. The van der Waals surface area contributed by atoms with Crippen LogP contribution in [-0.2, 0) is 4.57 Å². The molecule has 0 aliphatic rings. The topological polar surface area (TPSA) is 83.8 Å². The number of benzene rings is 1. The quantitative estimate of drug-likeness (QED) is 0.634. The molecule has 0 aromatic heterocycles. The molecule has 0 bridgehead atoms. The summed E-state index contributed by atoms with van der Waals surface area (Å²) in [6.45, 7) is 3.52. The summed E-state index contributed by atoms with van der Waals surface area (Å²) in [6, 6.07) is 3.15. The van der Waals surface area contributed by atoms with Gasteiger partial charge in [0.05, 0.1) is 7.11 Å². The Morgan fingerprint density at radius 2 is 1.88 bits per heavy atom. The minimum Gasteiger partial charge on any atom is -0.496 e. The van der Waals surface area contributed by atoms with Crippen LogP contribution in [-0.4, -0.2) is 28.8 Å². The summed E-state index contributed by atoms with van der Waals surface area (Å²) in [5.41, 5.74) is 1.80. The van der Waals surface area contributed by atoms with Crippen LogP contribution in [0.25, 0.3) is 0 Å². The molecule has 0 saturated heterocycles. The lowest BCUT2D eigenvalue weighted by Gasteiger charge is -2.12. The summed E-state index contributed by atoms with van der Waals surface area (Å²) >= 11 is 0. The lowest BCUT2D eigenvalue weighted by atomic mass is 10.00. The van der Waals surface area contributed by atoms with Gasteiger partial charge >= 0.3 is 7.60 Å². The number of hydrogen-bond acceptors (Lipinski definition) is 3. The van der Waals surface area contributed by atoms with E-state index >= 15 is 0 Å². The van der Waals surface area contributed by atoms with Gasteiger partial charge in [-0.1, -0.05) is 0 Å². The fourth-order valence-corrected chi connectivity index (χ4v) is 2.14. The van der Waals surface area contributed by atoms with E-state index < -0.39 is 19.5 Å². The molecular formula is C11H15O5P. The molecule has 0 fully saturated rings. The fraction of sp³-hybridized carbons (Fsp3) is 0.364. The predicted molar refractivity (Wildman–Crippen MR) is 63.7 cm³/mol. The monoisotopic (exact) mass is 258 g/mol. The molecule has 1 aromatic rings. The normalized spacial score (nSPS) is 11.4. The van der Waals surface area contributed by atoms with Crippen LogP contribution in [0.5, 0.6) is 5.75 Å². The second kappa shape index (κ2) is 5.00. The van der Waals surface area contributed by atoms with Gasteiger partial charge in [0.25, 0.3) is 0 Å². The molecule has 94 valence electrons. The molecule has 6 heteroatoms. The van der Waals surface area contributed by atoms with Crippen LogP contribution in [0.1, 0.15) is 21.5 Å². The third kappa shape index (κ3) is 3.40. The number of ketones is 1. The van der Waals surface area contributed by atoms with Crippen molar-refractivity contribution in [3.05, 3.63) is 28.8 Å². The van der Waals surface area contributed by atoms with Crippen LogP contribution in [0.3, 0.4) is 0 Å². The van der Waals surface area contributed by atoms with E-state index in [-0.39, 0.29) is 0 Å². The Morgan fingerprint density at radius 1 is 1.29 bits per heavy atom. The van der Waals surface area contributed by atoms with Crippen molar-refractivity contribution in [1.82, 2.24) is 0 Å². The minimum absolute atomic E-state index is 0.326. The zero-order chi connectivity index (χ0) is 13.2. The van der Waals surface area contributed by atoms with Crippen molar-refractivity contribution in [3.8, 4) is 5.75 Å². The van der Waals surface area contributed by atoms with Crippen LogP contribution in [0, 0.1) is 13.8 Å². The average Bonchev–Trinajstić information content (AvgIpc) is 2.19. The van der Waals surface area contributed by atoms with Crippen molar-refractivity contribution in [2.75, 3.05) is 13.3 Å². The van der Waals surface area contributed by atoms with Crippen molar-refractivity contribution in [2.45, 2.75) is 13.8 Å². The number of hydrogen-bond donors (Lipinski definition) is 2. The highest BCUT2D eigenvalue weighted by molar-refractivity contribution is 7.52. The van der Waals surface area contributed by atoms with E-state index in [2.05, 4.69) is 0 Å². The molecule has 0 unspecified atom stereocenters. The van der Waals surface area contributed by atoms with E-state index in [1.807, 2.05) is 0 Å². The van der Waals surface area contributed by atoms with Crippen molar-refractivity contribution < 1.29 is 23.9 Å². The molecular weight excluding hydrogens is 243 g/mol. The SMILES string of the molecule is COc1ccc(C(=O)CP(=O)(O)O)c(C)c1C. The Balaban J connectivity index is 3.12. The molecule has 0 aliphatic heterocycles. The van der Waals surface area contributed by atoms with E-state index in [1.165, 1.54) is 13.2 Å². The van der Waals surface area contributed by atoms with E-state index in [4.69, 9.17) is 14.5 Å². The highest BCUT2D eigenvalue weighted by atomic mass is 31.2. The zero-order valence-electron chi connectivity index (χ0n) is 9.93. The van der Waals surface area contributed by atoms with Gasteiger partial charge in [-0.2, -0.15) is 0 Å². The summed E-state index contributed by atoms with van der Waals surface area (Å²) in [5.74, 6) is 0.0943. The molecule has 0 amide bonds. The predicted octanol–water partition coefficient (Wildman–Crippen LogP) is 1.67. The Kier molecular flexibility index (Phi) is 4.09. The number of carbonyl (C=O) groups is 1. The first kappa shape index (κ1) is 13.9. The third-order valence-corrected chi connectivity index (χ3v) is 3.31. The van der Waals surface area contributed by atoms with Gasteiger partial charge in [-0.25, -0.2) is 0 Å². The fourth-order valence-electron chi connectivity index (χ4n) is 1.59. The average molecular weight is 258 g/mol. The highest BCUT2D eigenvalue weighted by Crippen LogP contribution is 2.36. The number of methoxy groups -OCH3 is 1. The molecule has 2 N–H and O–H groups in total. The maximum atomic E-state index is 11.7. The third-order valence-electron chi connectivity index (χ3n) is 2.61. The van der Waals surface area contributed by atoms with Crippen LogP contribution >= 0.6 is 7.60 Å². The van der Waals surface area contributed by atoms with Crippen molar-refractivity contribution in [3.63, 3.8) is 0 Å². The van der Waals surface area contributed by atoms with E-state index in [0.29, 0.717) is 16.9 Å². The van der Waals surface area contributed by atoms with Crippen LogP contribution in [0.2, 0.25) is 0 Å². The molecule has 0 spiro atoms. The molecule has 0 radical (unpaired) electrons. The lowest BCUT2D eigenvalue weighted by molar-refractivity contribution is 0.101. The minimum atomic E-state index is -4.32. The van der Waals surface area contributed by atoms with Crippen LogP contribution in [0.15, 0.2) is 12.1 Å². The van der Waals surface area contributed by atoms with Gasteiger partial charge in [-0.05, 0) is 37.1 Å². The first-order valence-electron chi connectivity index (χ1n) is 4.98. The Labute approximate surface area is 99.6 Å². The Morgan fingerprint density at radius 3 is 2.35 bits per heavy atom. The summed E-state index contributed by atoms with van der Waals surface area (Å²) in [6.07, 6.45) is -0.764. The summed E-state index contributed by atoms with van der Waals surface area (Å²) in [7, 11) is -2.80. The summed E-state index contributed by atoms with van der Waals surface area (Å²) < 4.78 is 15.9. The first-order chi connectivity index (χ1) is 7.76. The number of ether oxygens (including phenoxy) is 1. The van der Waals surface area contributed by atoms with Crippen LogP contribution in [0.4, 0.5) is 0 Å². The largest absolute Gasteiger partial charge is 0.496 e. The highest BCUT2D eigenvalue weighted by Gasteiger charge is 2.22. The zero-order valence-corrected chi connectivity index (χ0v) is 10.8. The Bertz CT molecular complexity index is 489. The molecule has 5 nitrogen and oxygen atoms in total. The van der Waals surface area contributed by atoms with Gasteiger partial charge in [0, 0.05) is 5.56 Å². The maximum Gasteiger partial charge on any atom is 0.333 e. The molecule has 0 saturated carbocycles. The van der Waals surface area contributed by atoms with Gasteiger partial charge in [0.2, 0.25) is 0 Å². The van der Waals surface area contributed by atoms with Crippen molar-refractivity contribution in [1.29, 1.82) is 0 Å². The summed E-state index contributed by atoms with van der Waals surface area (Å²) in [4.78, 5) is 29.3. The van der Waals surface area contributed by atoms with Gasteiger partial charge in [-0.3, -0.25) is 9.36 Å². The molecule has 1 aromatic carbocycles. The van der Waals surface area contributed by atoms with Gasteiger partial charge in [0.15, 0.2) is 5.78 Å². The van der Waals surface area contributed by atoms with Crippen molar-refractivity contribution >= 4 is 13.4 Å². The number of carbonyl (C=O) groups excluding carboxylic acids is 1. The van der Waals surface area contributed by atoms with Crippen LogP contribution < -0.4 is 4.74 Å². The molecule has 0 heterocycles. The maximum absolute atomic E-state index is 11.7. The standard InChI is InChI=1S/C11H15O5P/c1-7-8(2)11(16-3)5-4-9(7)10(12)6-17(13,14)15/h4-5H,6H2,1-3H3,(H2,13,14,15). The van der Waals surface area contributed by atoms with Gasteiger partial charge < -0.3 is 14.5 Å². The molecule has 17 heavy (non-hydrogen) atoms. The number of rotatable bonds is 4. The smallest absolute Gasteiger partial charge is 0.333 e. The second-order valence-corrected chi connectivity index (χ2v) is 5.46. The van der Waals surface area contributed by atoms with E-state index in [9.17, 15) is 9.36 Å². The summed E-state index contributed by atoms with van der Waals surface area (Å²) in [5, 5.41) is 0. The molecule has 0 aliphatic carbocycles. The van der Waals surface area contributed by atoms with E-state index in [1.54, 1.807) is 19.9 Å².